The van der Waals surface area contributed by atoms with Crippen molar-refractivity contribution >= 4 is 5.69 Å². The molecule has 0 aromatic heterocycles. The molecule has 1 aromatic rings. The molecule has 2 rings (SSSR count). The summed E-state index contributed by atoms with van der Waals surface area (Å²) in [5.74, 6) is 0.625. The van der Waals surface area contributed by atoms with Gasteiger partial charge < -0.3 is 20.3 Å². The van der Waals surface area contributed by atoms with Crippen molar-refractivity contribution in [3.05, 3.63) is 24.3 Å². The van der Waals surface area contributed by atoms with Crippen LogP contribution in [0.2, 0.25) is 0 Å². The predicted molar refractivity (Wildman–Crippen MR) is 78.8 cm³/mol. The molecule has 2 atom stereocenters. The van der Waals surface area contributed by atoms with Gasteiger partial charge in [0.15, 0.2) is 0 Å². The van der Waals surface area contributed by atoms with Crippen molar-refractivity contribution in [2.45, 2.75) is 25.0 Å². The van der Waals surface area contributed by atoms with E-state index < -0.39 is 6.10 Å². The van der Waals surface area contributed by atoms with E-state index >= 15 is 0 Å². The number of nitrogens with zero attached hydrogens (tertiary/aromatic N) is 1. The maximum Gasteiger partial charge on any atom is 0.142 e. The van der Waals surface area contributed by atoms with Gasteiger partial charge in [-0.2, -0.15) is 0 Å². The van der Waals surface area contributed by atoms with Gasteiger partial charge in [0.25, 0.3) is 0 Å². The summed E-state index contributed by atoms with van der Waals surface area (Å²) in [7, 11) is 1.74. The number of aliphatic hydroxyl groups is 1. The third-order valence-electron chi connectivity index (χ3n) is 3.61. The van der Waals surface area contributed by atoms with Crippen LogP contribution in [0, 0.1) is 0 Å². The molecule has 0 bridgehead atoms. The van der Waals surface area contributed by atoms with Crippen LogP contribution in [0.3, 0.4) is 0 Å². The number of hydrogen-bond donors (Lipinski definition) is 2. The first kappa shape index (κ1) is 15.1. The largest absolute Gasteiger partial charge is 0.489 e. The predicted octanol–water partition coefficient (Wildman–Crippen LogP) is 1.12. The molecule has 1 saturated heterocycles. The number of nitrogen functional groups attached to an aromatic ring is 1. The molecule has 5 heteroatoms. The first-order chi connectivity index (χ1) is 9.69. The van der Waals surface area contributed by atoms with E-state index in [-0.39, 0.29) is 12.7 Å². The molecule has 2 unspecified atom stereocenters. The summed E-state index contributed by atoms with van der Waals surface area (Å²) < 4.78 is 10.9. The summed E-state index contributed by atoms with van der Waals surface area (Å²) in [4.78, 5) is 2.22. The Kier molecular flexibility index (Phi) is 5.64. The van der Waals surface area contributed by atoms with Crippen molar-refractivity contribution in [2.24, 2.45) is 0 Å². The minimum Gasteiger partial charge on any atom is -0.489 e. The minimum atomic E-state index is -0.523. The Hall–Kier alpha value is -1.30. The van der Waals surface area contributed by atoms with E-state index in [4.69, 9.17) is 15.2 Å². The molecule has 1 aliphatic rings. The van der Waals surface area contributed by atoms with Crippen molar-refractivity contribution in [2.75, 3.05) is 39.1 Å². The zero-order valence-electron chi connectivity index (χ0n) is 12.0. The maximum absolute atomic E-state index is 10.1. The van der Waals surface area contributed by atoms with Gasteiger partial charge >= 0.3 is 0 Å². The summed E-state index contributed by atoms with van der Waals surface area (Å²) >= 11 is 0. The van der Waals surface area contributed by atoms with Crippen molar-refractivity contribution in [1.82, 2.24) is 4.90 Å². The number of β-amino-alcohol motifs (C(OH)–C–C–N with tert-alkyl or cyclic N) is 1. The number of anilines is 1. The quantitative estimate of drug-likeness (QED) is 0.764. The lowest BCUT2D eigenvalue weighted by atomic mass is 10.1. The number of piperidine rings is 1. The lowest BCUT2D eigenvalue weighted by Gasteiger charge is -2.33. The topological polar surface area (TPSA) is 68.0 Å². The second kappa shape index (κ2) is 7.47. The van der Waals surface area contributed by atoms with Crippen LogP contribution in [0.5, 0.6) is 5.75 Å². The van der Waals surface area contributed by atoms with Crippen molar-refractivity contribution < 1.29 is 14.6 Å². The smallest absolute Gasteiger partial charge is 0.142 e. The number of methoxy groups -OCH3 is 1. The lowest BCUT2D eigenvalue weighted by Crippen LogP contribution is -2.44. The van der Waals surface area contributed by atoms with E-state index in [9.17, 15) is 5.11 Å². The molecule has 1 heterocycles. The molecule has 0 saturated carbocycles. The fraction of sp³-hybridized carbons (Fsp3) is 0.600. The van der Waals surface area contributed by atoms with Crippen LogP contribution in [0.15, 0.2) is 24.3 Å². The van der Waals surface area contributed by atoms with Gasteiger partial charge in [0.1, 0.15) is 18.5 Å². The summed E-state index contributed by atoms with van der Waals surface area (Å²) in [6, 6.07) is 7.32. The molecule has 0 aliphatic carbocycles. The molecule has 0 radical (unpaired) electrons. The zero-order valence-corrected chi connectivity index (χ0v) is 12.0. The average Bonchev–Trinajstić information content (AvgIpc) is 2.46. The van der Waals surface area contributed by atoms with E-state index in [0.717, 1.165) is 25.9 Å². The highest BCUT2D eigenvalue weighted by molar-refractivity contribution is 5.51. The Bertz CT molecular complexity index is 414. The summed E-state index contributed by atoms with van der Waals surface area (Å²) in [6.07, 6.45) is 1.96. The number of aliphatic hydroxyl groups excluding tert-OH is 1. The summed E-state index contributed by atoms with van der Waals surface area (Å²) in [5.41, 5.74) is 6.39. The molecule has 3 N–H and O–H groups in total. The highest BCUT2D eigenvalue weighted by atomic mass is 16.5. The molecule has 1 aromatic carbocycles. The first-order valence-corrected chi connectivity index (χ1v) is 7.09. The van der Waals surface area contributed by atoms with E-state index in [1.165, 1.54) is 0 Å². The molecule has 112 valence electrons. The fourth-order valence-electron chi connectivity index (χ4n) is 2.52. The number of likely N-dealkylation sites (tertiary alicyclic amines) is 1. The van der Waals surface area contributed by atoms with E-state index in [1.807, 2.05) is 18.2 Å². The van der Waals surface area contributed by atoms with Crippen LogP contribution in [0.25, 0.3) is 0 Å². The van der Waals surface area contributed by atoms with Gasteiger partial charge in [-0.25, -0.2) is 0 Å². The Morgan fingerprint density at radius 2 is 2.25 bits per heavy atom. The lowest BCUT2D eigenvalue weighted by molar-refractivity contribution is 0.00451. The first-order valence-electron chi connectivity index (χ1n) is 7.09. The number of benzene rings is 1. The molecule has 1 aliphatic heterocycles. The van der Waals surface area contributed by atoms with Crippen molar-refractivity contribution in [3.63, 3.8) is 0 Å². The van der Waals surface area contributed by atoms with Crippen LogP contribution in [0.1, 0.15) is 12.8 Å². The number of rotatable bonds is 6. The fourth-order valence-corrected chi connectivity index (χ4v) is 2.52. The van der Waals surface area contributed by atoms with Crippen LogP contribution in [-0.4, -0.2) is 55.6 Å². The Morgan fingerprint density at radius 3 is 3.00 bits per heavy atom. The second-order valence-electron chi connectivity index (χ2n) is 5.26. The highest BCUT2D eigenvalue weighted by Crippen LogP contribution is 2.20. The van der Waals surface area contributed by atoms with E-state index in [2.05, 4.69) is 4.90 Å². The SMILES string of the molecule is COC1CCCN(CC(O)COc2ccccc2N)C1. The maximum atomic E-state index is 10.1. The van der Waals surface area contributed by atoms with Gasteiger partial charge in [-0.1, -0.05) is 12.1 Å². The van der Waals surface area contributed by atoms with Crippen LogP contribution < -0.4 is 10.5 Å². The average molecular weight is 280 g/mol. The van der Waals surface area contributed by atoms with Gasteiger partial charge in [-0.15, -0.1) is 0 Å². The van der Waals surface area contributed by atoms with Gasteiger partial charge in [0.2, 0.25) is 0 Å². The molecule has 20 heavy (non-hydrogen) atoms. The molecular weight excluding hydrogens is 256 g/mol. The number of hydrogen-bond acceptors (Lipinski definition) is 5. The second-order valence-corrected chi connectivity index (χ2v) is 5.26. The van der Waals surface area contributed by atoms with Crippen molar-refractivity contribution in [1.29, 1.82) is 0 Å². The molecule has 0 spiro atoms. The van der Waals surface area contributed by atoms with Gasteiger partial charge in [-0.3, -0.25) is 4.90 Å². The van der Waals surface area contributed by atoms with Gasteiger partial charge in [-0.05, 0) is 31.5 Å². The normalized spacial score (nSPS) is 21.6. The summed E-state index contributed by atoms with van der Waals surface area (Å²) in [5, 5.41) is 10.1. The van der Waals surface area contributed by atoms with E-state index in [1.54, 1.807) is 13.2 Å². The van der Waals surface area contributed by atoms with Gasteiger partial charge in [0.05, 0.1) is 11.8 Å². The summed E-state index contributed by atoms with van der Waals surface area (Å²) in [6.45, 7) is 2.74. The van der Waals surface area contributed by atoms with Crippen LogP contribution in [0.4, 0.5) is 5.69 Å². The molecule has 0 amide bonds. The minimum absolute atomic E-state index is 0.252. The van der Waals surface area contributed by atoms with Gasteiger partial charge in [0, 0.05) is 20.2 Å². The zero-order chi connectivity index (χ0) is 14.4. The number of para-hydroxylation sites is 2. The standard InChI is InChI=1S/C15H24N2O3/c1-19-13-5-4-8-17(10-13)9-12(18)11-20-15-7-3-2-6-14(15)16/h2-3,6-7,12-13,18H,4-5,8-11,16H2,1H3. The van der Waals surface area contributed by atoms with Crippen molar-refractivity contribution in [3.8, 4) is 5.75 Å². The molecule has 5 nitrogen and oxygen atoms in total. The Balaban J connectivity index is 1.75. The molecule has 1 fully saturated rings. The molecular formula is C15H24N2O3. The van der Waals surface area contributed by atoms with Crippen LogP contribution >= 0.6 is 0 Å². The highest BCUT2D eigenvalue weighted by Gasteiger charge is 2.21. The monoisotopic (exact) mass is 280 g/mol. The number of nitrogens with two attached hydrogens (primary N) is 1. The Labute approximate surface area is 120 Å². The third kappa shape index (κ3) is 4.37. The van der Waals surface area contributed by atoms with E-state index in [0.29, 0.717) is 18.0 Å². The number of ether oxygens (including phenoxy) is 2. The third-order valence-corrected chi connectivity index (χ3v) is 3.61. The Morgan fingerprint density at radius 1 is 1.45 bits per heavy atom. The van der Waals surface area contributed by atoms with Crippen LogP contribution in [-0.2, 0) is 4.74 Å².